The number of ether oxygens (including phenoxy) is 3. The fraction of sp³-hybridized carbons (Fsp3) is 0.609. The summed E-state index contributed by atoms with van der Waals surface area (Å²) in [6.45, 7) is 6.37. The Labute approximate surface area is 461 Å². The molecule has 0 aromatic rings. The number of hydrogen-bond donors (Lipinski definition) is 0. The van der Waals surface area contributed by atoms with Gasteiger partial charge < -0.3 is 14.2 Å². The van der Waals surface area contributed by atoms with Crippen molar-refractivity contribution in [3.63, 3.8) is 0 Å². The van der Waals surface area contributed by atoms with Crippen LogP contribution in [0.2, 0.25) is 0 Å². The maximum absolute atomic E-state index is 12.8. The van der Waals surface area contributed by atoms with E-state index in [-0.39, 0.29) is 31.1 Å². The van der Waals surface area contributed by atoms with E-state index >= 15 is 0 Å². The second kappa shape index (κ2) is 61.8. The van der Waals surface area contributed by atoms with E-state index in [2.05, 4.69) is 167 Å². The van der Waals surface area contributed by atoms with Gasteiger partial charge in [0.1, 0.15) is 13.2 Å². The smallest absolute Gasteiger partial charge is 0.306 e. The monoisotopic (exact) mass is 1030 g/mol. The molecule has 75 heavy (non-hydrogen) atoms. The first-order valence-electron chi connectivity index (χ1n) is 30.3. The predicted molar refractivity (Wildman–Crippen MR) is 325 cm³/mol. The molecule has 6 heteroatoms. The third kappa shape index (κ3) is 60.0. The van der Waals surface area contributed by atoms with Crippen molar-refractivity contribution < 1.29 is 28.6 Å². The van der Waals surface area contributed by atoms with Gasteiger partial charge in [0.15, 0.2) is 6.10 Å². The first-order chi connectivity index (χ1) is 37.0. The first kappa shape index (κ1) is 70.3. The Morgan fingerprint density at radius 3 is 0.867 bits per heavy atom. The van der Waals surface area contributed by atoms with E-state index in [9.17, 15) is 14.4 Å². The van der Waals surface area contributed by atoms with Gasteiger partial charge in [-0.2, -0.15) is 0 Å². The standard InChI is InChI=1S/C69H110O6/c1-4-7-10-13-15-17-19-21-23-25-27-28-29-30-31-32-33-34-35-36-37-38-39-40-42-43-45-47-49-51-53-56-59-62-68(71)74-65-66(64-73-67(70)61-58-55-12-9-6-3)75-69(72)63-60-57-54-52-50-48-46-44-41-26-24-22-20-18-16-14-11-8-5-2/h7,10,15-18,21-24,27-28,30-31,33-34,36-37,39-40,43,45,49,51,66H,4-6,8-9,11-14,19-20,25-26,29,32,35,38,41-42,44,46-48,50,52-65H2,1-3H3/b10-7-,17-15-,18-16-,23-21-,24-22-,28-27-,31-30-,34-33-,37-36-,40-39-,45-43-,51-49-. The molecule has 0 spiro atoms. The van der Waals surface area contributed by atoms with Crippen LogP contribution < -0.4 is 0 Å². The molecule has 0 rings (SSSR count). The van der Waals surface area contributed by atoms with Gasteiger partial charge in [0.05, 0.1) is 0 Å². The number of rotatable bonds is 53. The van der Waals surface area contributed by atoms with Crippen molar-refractivity contribution in [1.29, 1.82) is 0 Å². The Balaban J connectivity index is 4.20. The van der Waals surface area contributed by atoms with Gasteiger partial charge in [-0.05, 0) is 128 Å². The Hall–Kier alpha value is -4.71. The lowest BCUT2D eigenvalue weighted by atomic mass is 10.1. The second-order valence-electron chi connectivity index (χ2n) is 19.5. The number of carbonyl (C=O) groups excluding carboxylic acids is 3. The summed E-state index contributed by atoms with van der Waals surface area (Å²) in [5.74, 6) is -0.967. The Kier molecular flexibility index (Phi) is 58.0. The lowest BCUT2D eigenvalue weighted by Gasteiger charge is -2.18. The predicted octanol–water partition coefficient (Wildman–Crippen LogP) is 20.8. The molecular weight excluding hydrogens is 925 g/mol. The third-order valence-electron chi connectivity index (χ3n) is 12.3. The Bertz CT molecular complexity index is 1660. The van der Waals surface area contributed by atoms with Crippen molar-refractivity contribution in [2.24, 2.45) is 0 Å². The maximum atomic E-state index is 12.8. The van der Waals surface area contributed by atoms with Crippen LogP contribution in [0.5, 0.6) is 0 Å². The van der Waals surface area contributed by atoms with Crippen LogP contribution in [0.3, 0.4) is 0 Å². The van der Waals surface area contributed by atoms with E-state index in [0.717, 1.165) is 135 Å². The van der Waals surface area contributed by atoms with Gasteiger partial charge in [-0.1, -0.05) is 250 Å². The molecule has 0 amide bonds. The van der Waals surface area contributed by atoms with Crippen LogP contribution in [0, 0.1) is 0 Å². The third-order valence-corrected chi connectivity index (χ3v) is 12.3. The van der Waals surface area contributed by atoms with Crippen molar-refractivity contribution >= 4 is 17.9 Å². The fourth-order valence-electron chi connectivity index (χ4n) is 7.79. The van der Waals surface area contributed by atoms with Crippen molar-refractivity contribution in [2.45, 2.75) is 258 Å². The lowest BCUT2D eigenvalue weighted by Crippen LogP contribution is -2.30. The molecule has 1 atom stereocenters. The summed E-state index contributed by atoms with van der Waals surface area (Å²) in [5.41, 5.74) is 0. The average molecular weight is 1040 g/mol. The minimum Gasteiger partial charge on any atom is -0.462 e. The second-order valence-corrected chi connectivity index (χ2v) is 19.5. The molecule has 0 radical (unpaired) electrons. The molecule has 0 saturated carbocycles. The summed E-state index contributed by atoms with van der Waals surface area (Å²) >= 11 is 0. The van der Waals surface area contributed by atoms with Crippen molar-refractivity contribution in [1.82, 2.24) is 0 Å². The summed E-state index contributed by atoms with van der Waals surface area (Å²) in [5, 5.41) is 0. The van der Waals surface area contributed by atoms with Crippen LogP contribution in [-0.4, -0.2) is 37.2 Å². The van der Waals surface area contributed by atoms with Crippen molar-refractivity contribution in [3.8, 4) is 0 Å². The Morgan fingerprint density at radius 1 is 0.280 bits per heavy atom. The van der Waals surface area contributed by atoms with E-state index in [1.165, 1.54) is 70.6 Å². The number of unbranched alkanes of at least 4 members (excludes halogenated alkanes) is 18. The van der Waals surface area contributed by atoms with Crippen LogP contribution in [-0.2, 0) is 28.6 Å². The minimum absolute atomic E-state index is 0.0984. The molecule has 0 aliphatic carbocycles. The first-order valence-corrected chi connectivity index (χ1v) is 30.3. The van der Waals surface area contributed by atoms with E-state index in [1.807, 2.05) is 0 Å². The van der Waals surface area contributed by atoms with Crippen LogP contribution in [0.25, 0.3) is 0 Å². The number of esters is 3. The van der Waals surface area contributed by atoms with E-state index in [0.29, 0.717) is 25.7 Å². The molecule has 0 aliphatic rings. The normalized spacial score (nSPS) is 13.2. The Morgan fingerprint density at radius 2 is 0.520 bits per heavy atom. The van der Waals surface area contributed by atoms with Gasteiger partial charge in [0.2, 0.25) is 0 Å². The molecule has 0 bridgehead atoms. The zero-order valence-corrected chi connectivity index (χ0v) is 48.3. The highest BCUT2D eigenvalue weighted by Gasteiger charge is 2.19. The molecule has 6 nitrogen and oxygen atoms in total. The zero-order valence-electron chi connectivity index (χ0n) is 48.3. The molecule has 0 aliphatic heterocycles. The highest BCUT2D eigenvalue weighted by molar-refractivity contribution is 5.71. The molecule has 0 N–H and O–H groups in total. The number of allylic oxidation sites excluding steroid dienone is 24. The summed E-state index contributed by atoms with van der Waals surface area (Å²) in [7, 11) is 0. The van der Waals surface area contributed by atoms with Gasteiger partial charge in [-0.25, -0.2) is 0 Å². The molecule has 1 unspecified atom stereocenters. The zero-order chi connectivity index (χ0) is 54.3. The van der Waals surface area contributed by atoms with E-state index < -0.39 is 6.10 Å². The topological polar surface area (TPSA) is 78.9 Å². The summed E-state index contributed by atoms with van der Waals surface area (Å²) in [6.07, 6.45) is 88.9. The van der Waals surface area contributed by atoms with Gasteiger partial charge in [-0.15, -0.1) is 0 Å². The van der Waals surface area contributed by atoms with Gasteiger partial charge in [0.25, 0.3) is 0 Å². The summed E-state index contributed by atoms with van der Waals surface area (Å²) < 4.78 is 16.7. The molecule has 0 saturated heterocycles. The lowest BCUT2D eigenvalue weighted by molar-refractivity contribution is -0.167. The highest BCUT2D eigenvalue weighted by Crippen LogP contribution is 2.14. The van der Waals surface area contributed by atoms with E-state index in [1.54, 1.807) is 0 Å². The minimum atomic E-state index is -0.800. The van der Waals surface area contributed by atoms with Crippen LogP contribution in [0.1, 0.15) is 252 Å². The van der Waals surface area contributed by atoms with Gasteiger partial charge in [-0.3, -0.25) is 14.4 Å². The number of hydrogen-bond acceptors (Lipinski definition) is 6. The number of carbonyl (C=O) groups is 3. The SMILES string of the molecule is CC/C=C\C/C=C\C/C=C\C/C=C\C/C=C\C/C=C\C/C=C\C/C=C\C/C=C\C/C=C\CCCCC(=O)OCC(COC(=O)CCCCCCC)OC(=O)CCCCCCCCCCC/C=C\C/C=C\CCCCC. The molecule has 0 fully saturated rings. The summed E-state index contributed by atoms with van der Waals surface area (Å²) in [4.78, 5) is 37.8. The fourth-order valence-corrected chi connectivity index (χ4v) is 7.79. The van der Waals surface area contributed by atoms with Crippen LogP contribution in [0.15, 0.2) is 146 Å². The highest BCUT2D eigenvalue weighted by atomic mass is 16.6. The molecule has 422 valence electrons. The summed E-state index contributed by atoms with van der Waals surface area (Å²) in [6, 6.07) is 0. The van der Waals surface area contributed by atoms with Crippen LogP contribution >= 0.6 is 0 Å². The average Bonchev–Trinajstić information content (AvgIpc) is 3.41. The van der Waals surface area contributed by atoms with Gasteiger partial charge in [0, 0.05) is 19.3 Å². The van der Waals surface area contributed by atoms with E-state index in [4.69, 9.17) is 14.2 Å². The maximum Gasteiger partial charge on any atom is 0.306 e. The van der Waals surface area contributed by atoms with Crippen molar-refractivity contribution in [3.05, 3.63) is 146 Å². The van der Waals surface area contributed by atoms with Crippen LogP contribution in [0.4, 0.5) is 0 Å². The molecule has 0 aromatic carbocycles. The largest absolute Gasteiger partial charge is 0.462 e. The molecule has 0 aromatic heterocycles. The molecule has 0 heterocycles. The van der Waals surface area contributed by atoms with Gasteiger partial charge >= 0.3 is 17.9 Å². The molecular formula is C69H110O6. The quantitative estimate of drug-likeness (QED) is 0.0261. The van der Waals surface area contributed by atoms with Crippen molar-refractivity contribution in [2.75, 3.05) is 13.2 Å².